The molecule has 4 atom stereocenters. The maximum atomic E-state index is 15.9. The summed E-state index contributed by atoms with van der Waals surface area (Å²) in [6.07, 6.45) is 3.29. The van der Waals surface area contributed by atoms with E-state index in [-0.39, 0.29) is 24.2 Å². The summed E-state index contributed by atoms with van der Waals surface area (Å²) >= 11 is 3.55. The first kappa shape index (κ1) is 24.2. The second-order valence-electron chi connectivity index (χ2n) is 9.83. The zero-order valence-electron chi connectivity index (χ0n) is 19.9. The summed E-state index contributed by atoms with van der Waals surface area (Å²) in [5, 5.41) is 0. The van der Waals surface area contributed by atoms with Gasteiger partial charge in [0.25, 0.3) is 0 Å². The van der Waals surface area contributed by atoms with Crippen LogP contribution < -0.4 is 9.47 Å². The summed E-state index contributed by atoms with van der Waals surface area (Å²) in [5.74, 6) is 0.817. The number of rotatable bonds is 8. The van der Waals surface area contributed by atoms with Crippen molar-refractivity contribution < 1.29 is 18.7 Å². The predicted octanol–water partition coefficient (Wildman–Crippen LogP) is 6.38. The van der Waals surface area contributed by atoms with Crippen molar-refractivity contribution in [3.8, 4) is 11.5 Å². The second kappa shape index (κ2) is 9.75. The number of ether oxygens (including phenoxy) is 2. The molecule has 0 amide bonds. The number of benzene rings is 2. The van der Waals surface area contributed by atoms with Gasteiger partial charge in [-0.25, -0.2) is 4.39 Å². The molecule has 4 nitrogen and oxygen atoms in total. The van der Waals surface area contributed by atoms with Crippen molar-refractivity contribution in [1.82, 2.24) is 4.90 Å². The number of carbonyl (C=O) groups is 1. The smallest absolute Gasteiger partial charge is 0.166 e. The van der Waals surface area contributed by atoms with Gasteiger partial charge in [0.2, 0.25) is 0 Å². The number of hydrogen-bond donors (Lipinski definition) is 0. The first-order chi connectivity index (χ1) is 15.7. The molecule has 6 heteroatoms. The van der Waals surface area contributed by atoms with E-state index in [4.69, 9.17) is 9.47 Å². The Labute approximate surface area is 204 Å². The Morgan fingerprint density at radius 1 is 1.12 bits per heavy atom. The number of ketones is 1. The van der Waals surface area contributed by atoms with Crippen molar-refractivity contribution in [2.75, 3.05) is 14.2 Å². The van der Waals surface area contributed by atoms with Crippen LogP contribution in [-0.2, 0) is 13.0 Å². The molecule has 2 aliphatic rings. The van der Waals surface area contributed by atoms with Crippen LogP contribution in [-0.4, -0.2) is 42.7 Å². The van der Waals surface area contributed by atoms with E-state index in [1.54, 1.807) is 27.2 Å². The van der Waals surface area contributed by atoms with Crippen LogP contribution >= 0.6 is 15.9 Å². The molecule has 1 saturated heterocycles. The lowest BCUT2D eigenvalue weighted by Gasteiger charge is -2.33. The van der Waals surface area contributed by atoms with Crippen molar-refractivity contribution in [3.63, 3.8) is 0 Å². The normalized spacial score (nSPS) is 24.5. The van der Waals surface area contributed by atoms with Crippen molar-refractivity contribution >= 4 is 21.7 Å². The van der Waals surface area contributed by atoms with Gasteiger partial charge in [0.1, 0.15) is 5.67 Å². The third-order valence-electron chi connectivity index (χ3n) is 7.25. The molecular formula is C27H33BrFNO3. The molecule has 178 valence electrons. The molecule has 1 fully saturated rings. The Morgan fingerprint density at radius 2 is 1.85 bits per heavy atom. The lowest BCUT2D eigenvalue weighted by atomic mass is 9.85. The Kier molecular flexibility index (Phi) is 7.15. The minimum Gasteiger partial charge on any atom is -0.493 e. The molecule has 33 heavy (non-hydrogen) atoms. The first-order valence-electron chi connectivity index (χ1n) is 11.7. The molecule has 0 saturated carbocycles. The van der Waals surface area contributed by atoms with Crippen molar-refractivity contribution in [3.05, 3.63) is 57.6 Å². The molecule has 1 heterocycles. The van der Waals surface area contributed by atoms with E-state index in [1.165, 1.54) is 5.56 Å². The van der Waals surface area contributed by atoms with Crippen molar-refractivity contribution in [2.24, 2.45) is 5.92 Å². The monoisotopic (exact) mass is 517 g/mol. The maximum absolute atomic E-state index is 15.9. The van der Waals surface area contributed by atoms with Gasteiger partial charge in [-0.1, -0.05) is 28.1 Å². The highest BCUT2D eigenvalue weighted by Gasteiger charge is 2.41. The highest BCUT2D eigenvalue weighted by molar-refractivity contribution is 9.10. The van der Waals surface area contributed by atoms with E-state index >= 15 is 4.39 Å². The number of methoxy groups -OCH3 is 2. The van der Waals surface area contributed by atoms with Crippen LogP contribution in [0.5, 0.6) is 11.5 Å². The van der Waals surface area contributed by atoms with Gasteiger partial charge in [-0.15, -0.1) is 0 Å². The number of nitrogens with zero attached hydrogens (tertiary/aromatic N) is 1. The van der Waals surface area contributed by atoms with Crippen LogP contribution in [0.4, 0.5) is 4.39 Å². The number of likely N-dealkylation sites (tertiary alicyclic amines) is 1. The van der Waals surface area contributed by atoms with Gasteiger partial charge < -0.3 is 9.47 Å². The van der Waals surface area contributed by atoms with E-state index in [9.17, 15) is 4.79 Å². The van der Waals surface area contributed by atoms with Gasteiger partial charge in [-0.2, -0.15) is 0 Å². The summed E-state index contributed by atoms with van der Waals surface area (Å²) in [4.78, 5) is 15.5. The Balaban J connectivity index is 1.44. The van der Waals surface area contributed by atoms with Gasteiger partial charge in [0.05, 0.1) is 14.2 Å². The molecule has 0 radical (unpaired) electrons. The van der Waals surface area contributed by atoms with Gasteiger partial charge in [0.15, 0.2) is 17.3 Å². The molecule has 2 aromatic rings. The molecule has 1 aliphatic heterocycles. The number of hydrogen-bond acceptors (Lipinski definition) is 4. The molecular weight excluding hydrogens is 485 g/mol. The van der Waals surface area contributed by atoms with Crippen LogP contribution in [0.1, 0.15) is 61.0 Å². The number of fused-ring (bicyclic) bond motifs is 1. The molecule has 4 unspecified atom stereocenters. The predicted molar refractivity (Wildman–Crippen MR) is 132 cm³/mol. The van der Waals surface area contributed by atoms with Crippen molar-refractivity contribution in [2.45, 2.75) is 70.2 Å². The van der Waals surface area contributed by atoms with E-state index in [1.807, 2.05) is 18.2 Å². The Hall–Kier alpha value is -1.92. The number of alkyl halides is 1. The molecule has 0 spiro atoms. The quantitative estimate of drug-likeness (QED) is 0.407. The standard InChI is InChI=1S/C27H33BrFNO3/c1-17-8-9-22(30(17)16-18-6-5-7-21(28)10-18)15-27(2,29)14-20-11-19-12-24(32-3)25(33-4)13-23(19)26(20)31/h5-7,10,12-13,17,20,22H,8-9,11,14-16H2,1-4H3. The third kappa shape index (κ3) is 5.27. The van der Waals surface area contributed by atoms with E-state index in [2.05, 4.69) is 39.9 Å². The number of Topliss-reactive ketones (excluding diaryl/α,β-unsaturated/α-hetero) is 1. The number of carbonyl (C=O) groups excluding carboxylic acids is 1. The zero-order valence-corrected chi connectivity index (χ0v) is 21.5. The second-order valence-corrected chi connectivity index (χ2v) is 10.7. The van der Waals surface area contributed by atoms with E-state index < -0.39 is 5.67 Å². The average molecular weight is 518 g/mol. The molecule has 0 N–H and O–H groups in total. The summed E-state index contributed by atoms with van der Waals surface area (Å²) in [6.45, 7) is 4.71. The van der Waals surface area contributed by atoms with Crippen LogP contribution in [0.25, 0.3) is 0 Å². The summed E-state index contributed by atoms with van der Waals surface area (Å²) in [5.41, 5.74) is 1.37. The van der Waals surface area contributed by atoms with Crippen LogP contribution in [0.3, 0.4) is 0 Å². The fourth-order valence-corrected chi connectivity index (χ4v) is 6.07. The molecule has 0 aromatic heterocycles. The Morgan fingerprint density at radius 3 is 2.55 bits per heavy atom. The third-order valence-corrected chi connectivity index (χ3v) is 7.75. The van der Waals surface area contributed by atoms with E-state index in [0.29, 0.717) is 35.9 Å². The lowest BCUT2D eigenvalue weighted by Crippen LogP contribution is -2.39. The average Bonchev–Trinajstić information content (AvgIpc) is 3.25. The molecule has 1 aliphatic carbocycles. The summed E-state index contributed by atoms with van der Waals surface area (Å²) in [7, 11) is 3.14. The fraction of sp³-hybridized carbons (Fsp3) is 0.519. The highest BCUT2D eigenvalue weighted by atomic mass is 79.9. The highest BCUT2D eigenvalue weighted by Crippen LogP contribution is 2.41. The lowest BCUT2D eigenvalue weighted by molar-refractivity contribution is 0.0682. The van der Waals surface area contributed by atoms with Crippen LogP contribution in [0.2, 0.25) is 0 Å². The zero-order chi connectivity index (χ0) is 23.8. The minimum absolute atomic E-state index is 0.0145. The fourth-order valence-electron chi connectivity index (χ4n) is 5.63. The van der Waals surface area contributed by atoms with Crippen LogP contribution in [0, 0.1) is 5.92 Å². The molecule has 0 bridgehead atoms. The molecule has 2 aromatic carbocycles. The van der Waals surface area contributed by atoms with Crippen LogP contribution in [0.15, 0.2) is 40.9 Å². The van der Waals surface area contributed by atoms with E-state index in [0.717, 1.165) is 29.4 Å². The largest absolute Gasteiger partial charge is 0.493 e. The first-order valence-corrected chi connectivity index (χ1v) is 12.5. The minimum atomic E-state index is -1.42. The number of halogens is 2. The Bertz CT molecular complexity index is 1020. The van der Waals surface area contributed by atoms with Gasteiger partial charge in [0, 0.05) is 34.6 Å². The SMILES string of the molecule is COc1cc2c(cc1OC)C(=O)C(CC(C)(F)CC1CCC(C)N1Cc1cccc(Br)c1)C2. The van der Waals surface area contributed by atoms with Crippen molar-refractivity contribution in [1.29, 1.82) is 0 Å². The van der Waals surface area contributed by atoms with Gasteiger partial charge >= 0.3 is 0 Å². The summed E-state index contributed by atoms with van der Waals surface area (Å²) < 4.78 is 27.7. The van der Waals surface area contributed by atoms with Gasteiger partial charge in [-0.05, 0) is 81.3 Å². The maximum Gasteiger partial charge on any atom is 0.166 e. The van der Waals surface area contributed by atoms with Gasteiger partial charge in [-0.3, -0.25) is 9.69 Å². The molecule has 4 rings (SSSR count). The topological polar surface area (TPSA) is 38.8 Å². The summed E-state index contributed by atoms with van der Waals surface area (Å²) in [6, 6.07) is 12.5.